The lowest BCUT2D eigenvalue weighted by Crippen LogP contribution is -2.52. The van der Waals surface area contributed by atoms with E-state index in [0.717, 1.165) is 56.6 Å². The highest BCUT2D eigenvalue weighted by molar-refractivity contribution is 5.46. The smallest absolute Gasteiger partial charge is 0.227 e. The number of anilines is 2. The predicted molar refractivity (Wildman–Crippen MR) is 93.2 cm³/mol. The molecule has 0 aliphatic carbocycles. The van der Waals surface area contributed by atoms with Crippen LogP contribution in [0.4, 0.5) is 11.8 Å². The van der Waals surface area contributed by atoms with Crippen molar-refractivity contribution in [1.29, 1.82) is 0 Å². The fourth-order valence-electron chi connectivity index (χ4n) is 3.55. The number of aryl methyl sites for hydroxylation is 1. The number of rotatable bonds is 4. The van der Waals surface area contributed by atoms with Gasteiger partial charge in [-0.25, -0.2) is 4.98 Å². The van der Waals surface area contributed by atoms with Crippen LogP contribution in [0.25, 0.3) is 0 Å². The van der Waals surface area contributed by atoms with Gasteiger partial charge < -0.3 is 14.9 Å². The van der Waals surface area contributed by atoms with Crippen molar-refractivity contribution in [2.24, 2.45) is 0 Å². The lowest BCUT2D eigenvalue weighted by Gasteiger charge is -2.40. The second-order valence-corrected chi connectivity index (χ2v) is 6.81. The van der Waals surface area contributed by atoms with Gasteiger partial charge in [-0.15, -0.1) is 0 Å². The molecule has 6 heteroatoms. The van der Waals surface area contributed by atoms with Gasteiger partial charge in [-0.2, -0.15) is 4.98 Å². The van der Waals surface area contributed by atoms with Crippen LogP contribution in [0.5, 0.6) is 0 Å². The van der Waals surface area contributed by atoms with Crippen LogP contribution in [0.1, 0.15) is 31.4 Å². The van der Waals surface area contributed by atoms with Gasteiger partial charge in [0.1, 0.15) is 5.82 Å². The van der Waals surface area contributed by atoms with Crippen molar-refractivity contribution in [3.05, 3.63) is 11.8 Å². The molecule has 2 fully saturated rings. The zero-order chi connectivity index (χ0) is 16.2. The molecule has 0 aromatic carbocycles. The minimum atomic E-state index is 0.241. The van der Waals surface area contributed by atoms with E-state index in [2.05, 4.69) is 39.7 Å². The van der Waals surface area contributed by atoms with Crippen molar-refractivity contribution in [2.75, 3.05) is 56.2 Å². The number of aliphatic hydroxyl groups excluding tert-OH is 1. The molecular formula is C17H29N5O. The molecule has 1 aromatic rings. The Morgan fingerprint density at radius 1 is 1.09 bits per heavy atom. The zero-order valence-corrected chi connectivity index (χ0v) is 14.4. The van der Waals surface area contributed by atoms with E-state index >= 15 is 0 Å². The number of hydrogen-bond acceptors (Lipinski definition) is 6. The molecule has 2 aliphatic heterocycles. The van der Waals surface area contributed by atoms with E-state index in [1.165, 1.54) is 19.3 Å². The number of piperidine rings is 1. The summed E-state index contributed by atoms with van der Waals surface area (Å²) in [5.74, 6) is 1.92. The molecule has 2 aliphatic rings. The number of aromatic nitrogens is 2. The number of nitrogens with zero attached hydrogens (tertiary/aromatic N) is 5. The van der Waals surface area contributed by atoms with Crippen LogP contribution < -0.4 is 9.80 Å². The fourth-order valence-corrected chi connectivity index (χ4v) is 3.55. The molecule has 2 saturated heterocycles. The van der Waals surface area contributed by atoms with Crippen molar-refractivity contribution in [3.8, 4) is 0 Å². The Bertz CT molecular complexity index is 518. The molecule has 0 saturated carbocycles. The molecule has 1 N–H and O–H groups in total. The van der Waals surface area contributed by atoms with E-state index in [9.17, 15) is 5.11 Å². The van der Waals surface area contributed by atoms with Gasteiger partial charge in [-0.3, -0.25) is 4.90 Å². The van der Waals surface area contributed by atoms with Crippen molar-refractivity contribution in [2.45, 2.75) is 38.6 Å². The Labute approximate surface area is 139 Å². The minimum absolute atomic E-state index is 0.241. The van der Waals surface area contributed by atoms with Gasteiger partial charge in [0.05, 0.1) is 0 Å². The summed E-state index contributed by atoms with van der Waals surface area (Å²) in [5, 5.41) is 9.27. The number of hydrogen-bond donors (Lipinski definition) is 1. The maximum Gasteiger partial charge on any atom is 0.227 e. The molecule has 1 atom stereocenters. The molecule has 0 amide bonds. The monoisotopic (exact) mass is 319 g/mol. The standard InChI is InChI=1S/C17H29N5O/c1-14-12-16(19-17(18-14)21-7-4-3-5-8-21)22-10-9-20(2)15(13-22)6-11-23/h12,15,23H,3-11,13H2,1-2H3/t15-/m0/s1. The lowest BCUT2D eigenvalue weighted by molar-refractivity contribution is 0.170. The average molecular weight is 319 g/mol. The number of aliphatic hydroxyl groups is 1. The summed E-state index contributed by atoms with van der Waals surface area (Å²) in [6.07, 6.45) is 4.60. The summed E-state index contributed by atoms with van der Waals surface area (Å²) in [6, 6.07) is 2.48. The summed E-state index contributed by atoms with van der Waals surface area (Å²) in [7, 11) is 2.14. The topological polar surface area (TPSA) is 55.7 Å². The summed E-state index contributed by atoms with van der Waals surface area (Å²) < 4.78 is 0. The quantitative estimate of drug-likeness (QED) is 0.902. The van der Waals surface area contributed by atoms with E-state index in [4.69, 9.17) is 4.98 Å². The SMILES string of the molecule is Cc1cc(N2CCN(C)[C@@H](CCO)C2)nc(N2CCCCC2)n1. The van der Waals surface area contributed by atoms with Crippen LogP contribution >= 0.6 is 0 Å². The van der Waals surface area contributed by atoms with Crippen LogP contribution in [-0.2, 0) is 0 Å². The van der Waals surface area contributed by atoms with Gasteiger partial charge in [-0.05, 0) is 39.7 Å². The molecule has 3 rings (SSSR count). The van der Waals surface area contributed by atoms with Crippen molar-refractivity contribution < 1.29 is 5.11 Å². The Morgan fingerprint density at radius 3 is 2.61 bits per heavy atom. The molecular weight excluding hydrogens is 290 g/mol. The van der Waals surface area contributed by atoms with E-state index in [1.54, 1.807) is 0 Å². The maximum atomic E-state index is 9.27. The Balaban J connectivity index is 1.77. The third-order valence-electron chi connectivity index (χ3n) is 5.03. The van der Waals surface area contributed by atoms with E-state index in [0.29, 0.717) is 6.04 Å². The van der Waals surface area contributed by atoms with E-state index in [-0.39, 0.29) is 6.61 Å². The molecule has 1 aromatic heterocycles. The highest BCUT2D eigenvalue weighted by Crippen LogP contribution is 2.23. The first kappa shape index (κ1) is 16.5. The molecule has 0 radical (unpaired) electrons. The molecule has 0 spiro atoms. The van der Waals surface area contributed by atoms with Gasteiger partial charge >= 0.3 is 0 Å². The molecule has 3 heterocycles. The van der Waals surface area contributed by atoms with E-state index in [1.807, 2.05) is 0 Å². The average Bonchev–Trinajstić information content (AvgIpc) is 2.57. The normalized spacial score (nSPS) is 23.3. The minimum Gasteiger partial charge on any atom is -0.396 e. The van der Waals surface area contributed by atoms with Gasteiger partial charge in [0.25, 0.3) is 0 Å². The number of piperazine rings is 1. The first-order valence-electron chi connectivity index (χ1n) is 8.84. The van der Waals surface area contributed by atoms with Crippen LogP contribution in [-0.4, -0.2) is 72.4 Å². The first-order chi connectivity index (χ1) is 11.2. The summed E-state index contributed by atoms with van der Waals surface area (Å²) in [4.78, 5) is 16.5. The number of likely N-dealkylation sites (N-methyl/N-ethyl adjacent to an activating group) is 1. The molecule has 0 bridgehead atoms. The summed E-state index contributed by atoms with van der Waals surface area (Å²) >= 11 is 0. The van der Waals surface area contributed by atoms with Crippen LogP contribution in [0.3, 0.4) is 0 Å². The Hall–Kier alpha value is -1.40. The van der Waals surface area contributed by atoms with Gasteiger partial charge in [-0.1, -0.05) is 0 Å². The molecule has 23 heavy (non-hydrogen) atoms. The largest absolute Gasteiger partial charge is 0.396 e. The van der Waals surface area contributed by atoms with Crippen LogP contribution in [0.15, 0.2) is 6.07 Å². The molecule has 128 valence electrons. The van der Waals surface area contributed by atoms with Crippen LogP contribution in [0, 0.1) is 6.92 Å². The zero-order valence-electron chi connectivity index (χ0n) is 14.4. The maximum absolute atomic E-state index is 9.27. The first-order valence-corrected chi connectivity index (χ1v) is 8.84. The van der Waals surface area contributed by atoms with E-state index < -0.39 is 0 Å². The van der Waals surface area contributed by atoms with Crippen LogP contribution in [0.2, 0.25) is 0 Å². The lowest BCUT2D eigenvalue weighted by atomic mass is 10.1. The Morgan fingerprint density at radius 2 is 1.87 bits per heavy atom. The molecule has 0 unspecified atom stereocenters. The highest BCUT2D eigenvalue weighted by Gasteiger charge is 2.25. The predicted octanol–water partition coefficient (Wildman–Crippen LogP) is 1.28. The fraction of sp³-hybridized carbons (Fsp3) is 0.765. The molecule has 6 nitrogen and oxygen atoms in total. The van der Waals surface area contributed by atoms with Crippen molar-refractivity contribution in [1.82, 2.24) is 14.9 Å². The third kappa shape index (κ3) is 3.93. The summed E-state index contributed by atoms with van der Waals surface area (Å²) in [6.45, 7) is 7.34. The van der Waals surface area contributed by atoms with Gasteiger partial charge in [0, 0.05) is 57.1 Å². The second-order valence-electron chi connectivity index (χ2n) is 6.81. The van der Waals surface area contributed by atoms with Crippen molar-refractivity contribution >= 4 is 11.8 Å². The second kappa shape index (κ2) is 7.45. The van der Waals surface area contributed by atoms with Gasteiger partial charge in [0.15, 0.2) is 0 Å². The third-order valence-corrected chi connectivity index (χ3v) is 5.03. The highest BCUT2D eigenvalue weighted by atomic mass is 16.3. The van der Waals surface area contributed by atoms with Gasteiger partial charge in [0.2, 0.25) is 5.95 Å². The van der Waals surface area contributed by atoms with Crippen molar-refractivity contribution in [3.63, 3.8) is 0 Å². The Kier molecular flexibility index (Phi) is 5.33. The summed E-state index contributed by atoms with van der Waals surface area (Å²) in [5.41, 5.74) is 1.04.